The summed E-state index contributed by atoms with van der Waals surface area (Å²) in [7, 11) is -1.15. The first-order chi connectivity index (χ1) is 11.3. The van der Waals surface area contributed by atoms with E-state index >= 15 is 0 Å². The lowest BCUT2D eigenvalue weighted by molar-refractivity contribution is 0.0600. The van der Waals surface area contributed by atoms with Gasteiger partial charge in [0.2, 0.25) is 10.0 Å². The Hall–Kier alpha value is -1.89. The molecule has 0 saturated carbocycles. The van der Waals surface area contributed by atoms with Crippen LogP contribution in [-0.4, -0.2) is 32.8 Å². The van der Waals surface area contributed by atoms with Gasteiger partial charge in [-0.05, 0) is 30.7 Å². The molecule has 5 nitrogen and oxygen atoms in total. The molecule has 0 aliphatic rings. The molecule has 2 aromatic carbocycles. The molecule has 0 amide bonds. The summed E-state index contributed by atoms with van der Waals surface area (Å²) in [6, 6.07) is 11.6. The lowest BCUT2D eigenvalue weighted by Crippen LogP contribution is -2.27. The standard InChI is InChI=1S/C17H18ClNO4S/c1-12-4-6-13(7-5-12)11-19(2)24(21,22)16-10-14(17(20)23-3)8-9-15(16)18/h4-10H,11H2,1-3H3. The maximum atomic E-state index is 12.8. The van der Waals surface area contributed by atoms with E-state index in [4.69, 9.17) is 11.6 Å². The van der Waals surface area contributed by atoms with Gasteiger partial charge in [0, 0.05) is 13.6 Å². The van der Waals surface area contributed by atoms with E-state index in [1.165, 1.54) is 36.7 Å². The number of esters is 1. The van der Waals surface area contributed by atoms with E-state index in [-0.39, 0.29) is 22.0 Å². The van der Waals surface area contributed by atoms with Crippen molar-refractivity contribution in [3.63, 3.8) is 0 Å². The van der Waals surface area contributed by atoms with E-state index < -0.39 is 16.0 Å². The molecule has 2 aromatic rings. The Bertz CT molecular complexity index is 847. The molecule has 2 rings (SSSR count). The molecule has 24 heavy (non-hydrogen) atoms. The maximum Gasteiger partial charge on any atom is 0.337 e. The Morgan fingerprint density at radius 3 is 2.38 bits per heavy atom. The normalized spacial score (nSPS) is 11.5. The second-order valence-electron chi connectivity index (χ2n) is 5.38. The van der Waals surface area contributed by atoms with Gasteiger partial charge in [-0.25, -0.2) is 13.2 Å². The zero-order valence-electron chi connectivity index (χ0n) is 13.6. The van der Waals surface area contributed by atoms with Crippen LogP contribution in [0.2, 0.25) is 5.02 Å². The van der Waals surface area contributed by atoms with E-state index in [0.717, 1.165) is 11.1 Å². The fourth-order valence-electron chi connectivity index (χ4n) is 2.15. The Kier molecular flexibility index (Phi) is 5.64. The first kappa shape index (κ1) is 18.4. The molecule has 0 radical (unpaired) electrons. The van der Waals surface area contributed by atoms with Gasteiger partial charge in [-0.2, -0.15) is 4.31 Å². The van der Waals surface area contributed by atoms with Crippen LogP contribution >= 0.6 is 11.6 Å². The number of sulfonamides is 1. The van der Waals surface area contributed by atoms with Crippen molar-refractivity contribution in [2.75, 3.05) is 14.2 Å². The summed E-state index contributed by atoms with van der Waals surface area (Å²) in [5.74, 6) is -0.621. The molecule has 0 heterocycles. The number of nitrogens with zero attached hydrogens (tertiary/aromatic N) is 1. The van der Waals surface area contributed by atoms with Crippen molar-refractivity contribution in [3.05, 3.63) is 64.2 Å². The average molecular weight is 368 g/mol. The van der Waals surface area contributed by atoms with Crippen LogP contribution in [0.4, 0.5) is 0 Å². The van der Waals surface area contributed by atoms with Crippen molar-refractivity contribution in [2.45, 2.75) is 18.4 Å². The van der Waals surface area contributed by atoms with Gasteiger partial charge in [0.15, 0.2) is 0 Å². The summed E-state index contributed by atoms with van der Waals surface area (Å²) >= 11 is 6.04. The smallest absolute Gasteiger partial charge is 0.337 e. The van der Waals surface area contributed by atoms with E-state index in [1.807, 2.05) is 31.2 Å². The fourth-order valence-corrected chi connectivity index (χ4v) is 3.80. The molecule has 128 valence electrons. The highest BCUT2D eigenvalue weighted by molar-refractivity contribution is 7.89. The molecule has 0 unspecified atom stereocenters. The molecule has 0 fully saturated rings. The van der Waals surface area contributed by atoms with Crippen LogP contribution in [0.25, 0.3) is 0 Å². The Labute approximate surface area is 146 Å². The molecule has 7 heteroatoms. The van der Waals surface area contributed by atoms with E-state index in [2.05, 4.69) is 4.74 Å². The second kappa shape index (κ2) is 7.34. The highest BCUT2D eigenvalue weighted by Crippen LogP contribution is 2.26. The summed E-state index contributed by atoms with van der Waals surface area (Å²) in [5, 5.41) is 0.0541. The van der Waals surface area contributed by atoms with Crippen LogP contribution in [0.5, 0.6) is 0 Å². The molecule has 0 aromatic heterocycles. The fraction of sp³-hybridized carbons (Fsp3) is 0.235. The molecule has 0 atom stereocenters. The van der Waals surface area contributed by atoms with Crippen LogP contribution in [0.3, 0.4) is 0 Å². The number of benzene rings is 2. The third-order valence-electron chi connectivity index (χ3n) is 3.57. The Morgan fingerprint density at radius 1 is 1.17 bits per heavy atom. The zero-order chi connectivity index (χ0) is 17.9. The minimum atomic E-state index is -3.85. The molecule has 0 aliphatic heterocycles. The third kappa shape index (κ3) is 3.95. The molecule has 0 spiro atoms. The molecule has 0 aliphatic carbocycles. The first-order valence-electron chi connectivity index (χ1n) is 7.15. The summed E-state index contributed by atoms with van der Waals surface area (Å²) in [6.07, 6.45) is 0. The largest absolute Gasteiger partial charge is 0.465 e. The molecule has 0 saturated heterocycles. The third-order valence-corrected chi connectivity index (χ3v) is 5.85. The predicted octanol–water partition coefficient (Wildman–Crippen LogP) is 3.26. The van der Waals surface area contributed by atoms with Gasteiger partial charge in [0.25, 0.3) is 0 Å². The van der Waals surface area contributed by atoms with E-state index in [1.54, 1.807) is 0 Å². The van der Waals surface area contributed by atoms with Crippen LogP contribution in [-0.2, 0) is 21.3 Å². The van der Waals surface area contributed by atoms with E-state index in [9.17, 15) is 13.2 Å². The Balaban J connectivity index is 2.35. The van der Waals surface area contributed by atoms with Gasteiger partial charge in [0.1, 0.15) is 4.90 Å². The summed E-state index contributed by atoms with van der Waals surface area (Å²) in [6.45, 7) is 2.16. The van der Waals surface area contributed by atoms with Crippen molar-refractivity contribution >= 4 is 27.6 Å². The SMILES string of the molecule is COC(=O)c1ccc(Cl)c(S(=O)(=O)N(C)Cc2ccc(C)cc2)c1. The van der Waals surface area contributed by atoms with Gasteiger partial charge < -0.3 is 4.74 Å². The number of carbonyl (C=O) groups excluding carboxylic acids is 1. The quantitative estimate of drug-likeness (QED) is 0.761. The molecule has 0 N–H and O–H groups in total. The number of ether oxygens (including phenoxy) is 1. The van der Waals surface area contributed by atoms with Crippen LogP contribution in [0.15, 0.2) is 47.4 Å². The van der Waals surface area contributed by atoms with Gasteiger partial charge in [0.05, 0.1) is 17.7 Å². The topological polar surface area (TPSA) is 63.7 Å². The van der Waals surface area contributed by atoms with Crippen LogP contribution in [0, 0.1) is 6.92 Å². The summed E-state index contributed by atoms with van der Waals surface area (Å²) < 4.78 is 31.4. The zero-order valence-corrected chi connectivity index (χ0v) is 15.2. The molecular weight excluding hydrogens is 350 g/mol. The van der Waals surface area contributed by atoms with Crippen molar-refractivity contribution in [3.8, 4) is 0 Å². The first-order valence-corrected chi connectivity index (χ1v) is 8.97. The lowest BCUT2D eigenvalue weighted by Gasteiger charge is -2.18. The van der Waals surface area contributed by atoms with Gasteiger partial charge in [-0.1, -0.05) is 41.4 Å². The van der Waals surface area contributed by atoms with Crippen molar-refractivity contribution in [1.29, 1.82) is 0 Å². The number of rotatable bonds is 5. The number of halogens is 1. The maximum absolute atomic E-state index is 12.8. The van der Waals surface area contributed by atoms with Crippen molar-refractivity contribution in [1.82, 2.24) is 4.31 Å². The van der Waals surface area contributed by atoms with Gasteiger partial charge >= 0.3 is 5.97 Å². The summed E-state index contributed by atoms with van der Waals surface area (Å²) in [4.78, 5) is 11.5. The van der Waals surface area contributed by atoms with Crippen LogP contribution < -0.4 is 0 Å². The molecule has 0 bridgehead atoms. The van der Waals surface area contributed by atoms with Crippen molar-refractivity contribution < 1.29 is 17.9 Å². The highest BCUT2D eigenvalue weighted by atomic mass is 35.5. The molecular formula is C17H18ClNO4S. The minimum Gasteiger partial charge on any atom is -0.465 e. The predicted molar refractivity (Wildman–Crippen MR) is 92.6 cm³/mol. The number of carbonyl (C=O) groups is 1. The van der Waals surface area contributed by atoms with Gasteiger partial charge in [-0.3, -0.25) is 0 Å². The second-order valence-corrected chi connectivity index (χ2v) is 7.80. The van der Waals surface area contributed by atoms with E-state index in [0.29, 0.717) is 0 Å². The Morgan fingerprint density at radius 2 is 1.79 bits per heavy atom. The monoisotopic (exact) mass is 367 g/mol. The highest BCUT2D eigenvalue weighted by Gasteiger charge is 2.25. The average Bonchev–Trinajstić information content (AvgIpc) is 2.56. The van der Waals surface area contributed by atoms with Gasteiger partial charge in [-0.15, -0.1) is 0 Å². The summed E-state index contributed by atoms with van der Waals surface area (Å²) in [5.41, 5.74) is 2.08. The minimum absolute atomic E-state index is 0.0541. The lowest BCUT2D eigenvalue weighted by atomic mass is 10.1. The van der Waals surface area contributed by atoms with Crippen LogP contribution in [0.1, 0.15) is 21.5 Å². The number of hydrogen-bond donors (Lipinski definition) is 0. The number of aryl methyl sites for hydroxylation is 1. The van der Waals surface area contributed by atoms with Crippen molar-refractivity contribution in [2.24, 2.45) is 0 Å². The number of hydrogen-bond acceptors (Lipinski definition) is 4. The number of methoxy groups -OCH3 is 1.